The van der Waals surface area contributed by atoms with Crippen molar-refractivity contribution in [3.63, 3.8) is 0 Å². The van der Waals surface area contributed by atoms with Crippen molar-refractivity contribution < 1.29 is 0 Å². The minimum atomic E-state index is 0. The lowest BCUT2D eigenvalue weighted by Crippen LogP contribution is -2.38. The third-order valence-corrected chi connectivity index (χ3v) is 4.39. The lowest BCUT2D eigenvalue weighted by atomic mass is 10.0. The van der Waals surface area contributed by atoms with Gasteiger partial charge in [0.1, 0.15) is 0 Å². The molecule has 1 aliphatic heterocycles. The number of nitrogens with zero attached hydrogens (tertiary/aromatic N) is 2. The van der Waals surface area contributed by atoms with Gasteiger partial charge < -0.3 is 16.0 Å². The van der Waals surface area contributed by atoms with Crippen LogP contribution >= 0.6 is 24.0 Å². The molecule has 2 rings (SSSR count). The number of nitrogens with two attached hydrogens (primary N) is 1. The first-order valence-electron chi connectivity index (χ1n) is 8.57. The largest absolute Gasteiger partial charge is 0.370 e. The van der Waals surface area contributed by atoms with E-state index in [1.54, 1.807) is 0 Å². The number of piperidine rings is 1. The Bertz CT molecular complexity index is 450. The lowest BCUT2D eigenvalue weighted by molar-refractivity contribution is 0.160. The van der Waals surface area contributed by atoms with E-state index in [1.807, 2.05) is 6.07 Å². The molecule has 1 atom stereocenters. The first-order chi connectivity index (χ1) is 10.8. The van der Waals surface area contributed by atoms with Crippen LogP contribution in [0.1, 0.15) is 38.2 Å². The van der Waals surface area contributed by atoms with Crippen LogP contribution in [-0.2, 0) is 6.42 Å². The zero-order valence-corrected chi connectivity index (χ0v) is 16.5. The van der Waals surface area contributed by atoms with Crippen LogP contribution < -0.4 is 11.1 Å². The maximum Gasteiger partial charge on any atom is 0.188 e. The van der Waals surface area contributed by atoms with Gasteiger partial charge in [-0.15, -0.1) is 24.0 Å². The fourth-order valence-corrected chi connectivity index (χ4v) is 3.00. The Labute approximate surface area is 157 Å². The monoisotopic (exact) mass is 430 g/mol. The number of nitrogens with one attached hydrogen (secondary N) is 1. The second-order valence-corrected chi connectivity index (χ2v) is 6.16. The van der Waals surface area contributed by atoms with Crippen molar-refractivity contribution in [2.24, 2.45) is 10.7 Å². The zero-order chi connectivity index (χ0) is 15.6. The van der Waals surface area contributed by atoms with Crippen molar-refractivity contribution in [2.45, 2.75) is 45.1 Å². The summed E-state index contributed by atoms with van der Waals surface area (Å²) in [4.78, 5) is 7.00. The first-order valence-corrected chi connectivity index (χ1v) is 8.57. The average Bonchev–Trinajstić information content (AvgIpc) is 2.54. The normalized spacial score (nSPS) is 19.2. The molecule has 0 radical (unpaired) electrons. The summed E-state index contributed by atoms with van der Waals surface area (Å²) in [6.07, 6.45) is 6.13. The predicted molar refractivity (Wildman–Crippen MR) is 110 cm³/mol. The van der Waals surface area contributed by atoms with E-state index in [1.165, 1.54) is 31.4 Å². The molecule has 1 unspecified atom stereocenters. The van der Waals surface area contributed by atoms with Crippen LogP contribution in [0.25, 0.3) is 0 Å². The molecule has 130 valence electrons. The van der Waals surface area contributed by atoms with Gasteiger partial charge in [0.25, 0.3) is 0 Å². The highest BCUT2D eigenvalue weighted by molar-refractivity contribution is 14.0. The Morgan fingerprint density at radius 3 is 2.83 bits per heavy atom. The summed E-state index contributed by atoms with van der Waals surface area (Å²) in [5.74, 6) is 0.572. The smallest absolute Gasteiger partial charge is 0.188 e. The van der Waals surface area contributed by atoms with Crippen molar-refractivity contribution in [3.8, 4) is 0 Å². The second-order valence-electron chi connectivity index (χ2n) is 6.16. The van der Waals surface area contributed by atoms with Gasteiger partial charge in [-0.25, -0.2) is 0 Å². The number of hydrogen-bond donors (Lipinski definition) is 2. The molecular formula is C18H31IN4. The molecule has 3 N–H and O–H groups in total. The summed E-state index contributed by atoms with van der Waals surface area (Å²) in [6.45, 7) is 6.37. The number of halogens is 1. The highest BCUT2D eigenvalue weighted by atomic mass is 127. The molecule has 1 heterocycles. The second kappa shape index (κ2) is 11.7. The quantitative estimate of drug-likeness (QED) is 0.303. The van der Waals surface area contributed by atoms with Crippen LogP contribution in [0, 0.1) is 0 Å². The summed E-state index contributed by atoms with van der Waals surface area (Å²) < 4.78 is 0. The molecule has 0 bridgehead atoms. The molecule has 0 saturated carbocycles. The molecule has 0 amide bonds. The van der Waals surface area contributed by atoms with Crippen molar-refractivity contribution in [2.75, 3.05) is 26.2 Å². The summed E-state index contributed by atoms with van der Waals surface area (Å²) in [7, 11) is 0. The van der Waals surface area contributed by atoms with Gasteiger partial charge in [-0.1, -0.05) is 36.8 Å². The van der Waals surface area contributed by atoms with E-state index in [0.29, 0.717) is 5.96 Å². The molecule has 1 aliphatic rings. The van der Waals surface area contributed by atoms with Gasteiger partial charge in [0, 0.05) is 25.7 Å². The molecule has 0 aliphatic carbocycles. The van der Waals surface area contributed by atoms with E-state index in [-0.39, 0.29) is 24.0 Å². The number of hydrogen-bond acceptors (Lipinski definition) is 2. The summed E-state index contributed by atoms with van der Waals surface area (Å²) in [5.41, 5.74) is 7.23. The first kappa shape index (κ1) is 20.2. The Morgan fingerprint density at radius 1 is 1.30 bits per heavy atom. The topological polar surface area (TPSA) is 53.6 Å². The fourth-order valence-electron chi connectivity index (χ4n) is 3.00. The number of guanidine groups is 1. The molecular weight excluding hydrogens is 399 g/mol. The van der Waals surface area contributed by atoms with Gasteiger partial charge in [0.15, 0.2) is 5.96 Å². The van der Waals surface area contributed by atoms with Crippen molar-refractivity contribution in [1.82, 2.24) is 10.2 Å². The third kappa shape index (κ3) is 8.01. The molecule has 23 heavy (non-hydrogen) atoms. The highest BCUT2D eigenvalue weighted by Gasteiger charge is 2.16. The molecule has 1 saturated heterocycles. The summed E-state index contributed by atoms with van der Waals surface area (Å²) in [5, 5.41) is 3.19. The van der Waals surface area contributed by atoms with Crippen molar-refractivity contribution >= 4 is 29.9 Å². The van der Waals surface area contributed by atoms with Crippen LogP contribution in [0.4, 0.5) is 0 Å². The van der Waals surface area contributed by atoms with Crippen LogP contribution in [0.3, 0.4) is 0 Å². The van der Waals surface area contributed by atoms with E-state index in [0.717, 1.165) is 38.5 Å². The maximum absolute atomic E-state index is 5.91. The number of benzene rings is 1. The molecule has 4 nitrogen and oxygen atoms in total. The number of rotatable bonds is 7. The standard InChI is InChI=1S/C18H30N4.HI/c1-16-8-5-6-14-22(16)15-7-12-20-18(19)21-13-11-17-9-3-2-4-10-17;/h2-4,9-10,16H,5-8,11-15H2,1H3,(H3,19,20,21);1H. The predicted octanol–water partition coefficient (Wildman–Crippen LogP) is 3.02. The third-order valence-electron chi connectivity index (χ3n) is 4.39. The number of aliphatic imine (C=N–C) groups is 1. The minimum Gasteiger partial charge on any atom is -0.370 e. The molecule has 0 spiro atoms. The van der Waals surface area contributed by atoms with E-state index in [4.69, 9.17) is 5.73 Å². The SMILES string of the molecule is CC1CCCCN1CCCN=C(N)NCCc1ccccc1.I. The molecule has 1 aromatic carbocycles. The minimum absolute atomic E-state index is 0. The van der Waals surface area contributed by atoms with Gasteiger partial charge in [-0.05, 0) is 44.7 Å². The average molecular weight is 430 g/mol. The molecule has 1 fully saturated rings. The molecule has 5 heteroatoms. The Morgan fingerprint density at radius 2 is 2.09 bits per heavy atom. The van der Waals surface area contributed by atoms with Gasteiger partial charge in [-0.3, -0.25) is 4.99 Å². The van der Waals surface area contributed by atoms with E-state index in [9.17, 15) is 0 Å². The van der Waals surface area contributed by atoms with E-state index in [2.05, 4.69) is 46.4 Å². The van der Waals surface area contributed by atoms with Gasteiger partial charge in [0.05, 0.1) is 0 Å². The highest BCUT2D eigenvalue weighted by Crippen LogP contribution is 2.16. The number of likely N-dealkylation sites (tertiary alicyclic amines) is 1. The van der Waals surface area contributed by atoms with E-state index >= 15 is 0 Å². The Balaban J connectivity index is 0.00000264. The fraction of sp³-hybridized carbons (Fsp3) is 0.611. The van der Waals surface area contributed by atoms with Crippen LogP contribution in [0.5, 0.6) is 0 Å². The van der Waals surface area contributed by atoms with Crippen LogP contribution in [-0.4, -0.2) is 43.1 Å². The Kier molecular flexibility index (Phi) is 10.3. The van der Waals surface area contributed by atoms with Crippen molar-refractivity contribution in [1.29, 1.82) is 0 Å². The van der Waals surface area contributed by atoms with Gasteiger partial charge in [-0.2, -0.15) is 0 Å². The molecule has 0 aromatic heterocycles. The van der Waals surface area contributed by atoms with Crippen molar-refractivity contribution in [3.05, 3.63) is 35.9 Å². The maximum atomic E-state index is 5.91. The van der Waals surface area contributed by atoms with Gasteiger partial charge in [0.2, 0.25) is 0 Å². The van der Waals surface area contributed by atoms with E-state index < -0.39 is 0 Å². The Hall–Kier alpha value is -0.820. The van der Waals surface area contributed by atoms with Crippen LogP contribution in [0.2, 0.25) is 0 Å². The summed E-state index contributed by atoms with van der Waals surface area (Å²) in [6, 6.07) is 11.2. The van der Waals surface area contributed by atoms with Crippen LogP contribution in [0.15, 0.2) is 35.3 Å². The van der Waals surface area contributed by atoms with Gasteiger partial charge >= 0.3 is 0 Å². The molecule has 1 aromatic rings. The lowest BCUT2D eigenvalue weighted by Gasteiger charge is -2.33. The zero-order valence-electron chi connectivity index (χ0n) is 14.2. The summed E-state index contributed by atoms with van der Waals surface area (Å²) >= 11 is 0.